The van der Waals surface area contributed by atoms with Crippen molar-refractivity contribution < 1.29 is 27.2 Å². The van der Waals surface area contributed by atoms with Crippen LogP contribution in [0.1, 0.15) is 31.7 Å². The van der Waals surface area contributed by atoms with Crippen molar-refractivity contribution in [3.8, 4) is 11.5 Å². The van der Waals surface area contributed by atoms with Crippen LogP contribution in [0.5, 0.6) is 11.5 Å². The van der Waals surface area contributed by atoms with Gasteiger partial charge in [0.2, 0.25) is 0 Å². The van der Waals surface area contributed by atoms with Gasteiger partial charge in [0, 0.05) is 5.39 Å². The predicted molar refractivity (Wildman–Crippen MR) is 108 cm³/mol. The van der Waals surface area contributed by atoms with E-state index in [0.29, 0.717) is 11.7 Å². The zero-order valence-corrected chi connectivity index (χ0v) is 16.9. The van der Waals surface area contributed by atoms with Crippen molar-refractivity contribution >= 4 is 26.9 Å². The van der Waals surface area contributed by atoms with Gasteiger partial charge in [0.25, 0.3) is 0 Å². The van der Waals surface area contributed by atoms with Gasteiger partial charge in [-0.2, -0.15) is 0 Å². The lowest BCUT2D eigenvalue weighted by Crippen LogP contribution is -2.17. The fraction of sp³-hybridized carbons (Fsp3) is 0.227. The molecule has 29 heavy (non-hydrogen) atoms. The number of rotatable bonds is 7. The van der Waals surface area contributed by atoms with Gasteiger partial charge >= 0.3 is 5.97 Å². The summed E-state index contributed by atoms with van der Waals surface area (Å²) in [6.45, 7) is 4.00. The van der Waals surface area contributed by atoms with E-state index in [4.69, 9.17) is 9.47 Å². The number of hydrogen-bond acceptors (Lipinski definition) is 6. The third-order valence-electron chi connectivity index (χ3n) is 4.75. The summed E-state index contributed by atoms with van der Waals surface area (Å²) in [6, 6.07) is 16.4. The minimum Gasteiger partial charge on any atom is -0.744 e. The second-order valence-corrected chi connectivity index (χ2v) is 8.08. The Bertz CT molecular complexity index is 1120. The van der Waals surface area contributed by atoms with E-state index in [2.05, 4.69) is 19.9 Å². The number of fused-ring (bicyclic) bond motifs is 1. The first-order valence-electron chi connectivity index (χ1n) is 9.20. The largest absolute Gasteiger partial charge is 0.744 e. The summed E-state index contributed by atoms with van der Waals surface area (Å²) in [4.78, 5) is 11.7. The number of esters is 1. The molecule has 0 saturated heterocycles. The molecule has 0 radical (unpaired) electrons. The Morgan fingerprint density at radius 3 is 2.31 bits per heavy atom. The van der Waals surface area contributed by atoms with Crippen molar-refractivity contribution in [2.45, 2.75) is 31.1 Å². The van der Waals surface area contributed by atoms with Crippen LogP contribution in [0, 0.1) is 0 Å². The maximum atomic E-state index is 12.1. The standard InChI is InChI=1S/C22H22O6S/c1-3-15(2)18-6-4-8-20-19(18)7-5-9-21(20)27-14-22(23)28-16-10-12-17(13-11-16)29(24,25)26/h4-13,15H,3,14H2,1-2H3,(H,24,25,26)/p-1. The smallest absolute Gasteiger partial charge is 0.349 e. The van der Waals surface area contributed by atoms with Crippen LogP contribution in [-0.4, -0.2) is 25.5 Å². The number of benzene rings is 3. The highest BCUT2D eigenvalue weighted by Gasteiger charge is 2.12. The van der Waals surface area contributed by atoms with Crippen LogP contribution < -0.4 is 9.47 Å². The highest BCUT2D eigenvalue weighted by molar-refractivity contribution is 7.85. The molecule has 1 unspecified atom stereocenters. The third kappa shape index (κ3) is 4.93. The molecule has 152 valence electrons. The second-order valence-electron chi connectivity index (χ2n) is 6.70. The maximum absolute atomic E-state index is 12.1. The number of ether oxygens (including phenoxy) is 2. The van der Waals surface area contributed by atoms with Gasteiger partial charge in [-0.05, 0) is 53.6 Å². The van der Waals surface area contributed by atoms with Crippen molar-refractivity contribution in [1.82, 2.24) is 0 Å². The van der Waals surface area contributed by atoms with E-state index in [9.17, 15) is 17.8 Å². The summed E-state index contributed by atoms with van der Waals surface area (Å²) < 4.78 is 43.6. The number of hydrogen-bond donors (Lipinski definition) is 0. The van der Waals surface area contributed by atoms with Crippen molar-refractivity contribution in [1.29, 1.82) is 0 Å². The Balaban J connectivity index is 1.71. The minimum atomic E-state index is -4.54. The van der Waals surface area contributed by atoms with E-state index < -0.39 is 16.1 Å². The molecular formula is C22H21O6S-. The van der Waals surface area contributed by atoms with Gasteiger partial charge in [0.15, 0.2) is 6.61 Å². The molecule has 1 atom stereocenters. The average Bonchev–Trinajstić information content (AvgIpc) is 2.71. The molecule has 0 heterocycles. The molecule has 3 aromatic carbocycles. The molecule has 0 aliphatic carbocycles. The Morgan fingerprint density at radius 1 is 1.00 bits per heavy atom. The van der Waals surface area contributed by atoms with Crippen LogP contribution in [0.2, 0.25) is 0 Å². The summed E-state index contributed by atoms with van der Waals surface area (Å²) in [6.07, 6.45) is 1.02. The van der Waals surface area contributed by atoms with Crippen LogP contribution >= 0.6 is 0 Å². The van der Waals surface area contributed by atoms with E-state index in [1.807, 2.05) is 24.3 Å². The van der Waals surface area contributed by atoms with Crippen LogP contribution in [0.25, 0.3) is 10.8 Å². The highest BCUT2D eigenvalue weighted by Crippen LogP contribution is 2.32. The van der Waals surface area contributed by atoms with E-state index in [1.165, 1.54) is 17.7 Å². The van der Waals surface area contributed by atoms with Crippen molar-refractivity contribution in [3.63, 3.8) is 0 Å². The van der Waals surface area contributed by atoms with Crippen LogP contribution in [0.4, 0.5) is 0 Å². The molecule has 0 spiro atoms. The molecule has 0 fully saturated rings. The lowest BCUT2D eigenvalue weighted by Gasteiger charge is -2.15. The molecule has 0 aliphatic heterocycles. The Kier molecular flexibility index (Phi) is 6.20. The summed E-state index contributed by atoms with van der Waals surface area (Å²) in [7, 11) is -4.54. The zero-order valence-electron chi connectivity index (χ0n) is 16.1. The Hall–Kier alpha value is -2.90. The first-order valence-corrected chi connectivity index (χ1v) is 10.6. The Labute approximate surface area is 169 Å². The van der Waals surface area contributed by atoms with Crippen molar-refractivity contribution in [2.75, 3.05) is 6.61 Å². The molecule has 0 aliphatic rings. The molecule has 3 aromatic rings. The topological polar surface area (TPSA) is 92.7 Å². The minimum absolute atomic E-state index is 0.128. The van der Waals surface area contributed by atoms with E-state index >= 15 is 0 Å². The van der Waals surface area contributed by atoms with Crippen molar-refractivity contribution in [2.24, 2.45) is 0 Å². The first-order chi connectivity index (χ1) is 13.8. The van der Waals surface area contributed by atoms with Crippen LogP contribution in [0.15, 0.2) is 65.6 Å². The summed E-state index contributed by atoms with van der Waals surface area (Å²) >= 11 is 0. The zero-order chi connectivity index (χ0) is 21.0. The van der Waals surface area contributed by atoms with E-state index in [1.54, 1.807) is 6.07 Å². The van der Waals surface area contributed by atoms with Gasteiger partial charge in [-0.1, -0.05) is 44.2 Å². The molecule has 0 aromatic heterocycles. The molecule has 0 amide bonds. The first kappa shape index (κ1) is 20.8. The predicted octanol–water partition coefficient (Wildman–Crippen LogP) is 4.24. The van der Waals surface area contributed by atoms with Gasteiger partial charge in [0.1, 0.15) is 21.6 Å². The lowest BCUT2D eigenvalue weighted by atomic mass is 9.93. The van der Waals surface area contributed by atoms with Crippen LogP contribution in [-0.2, 0) is 14.9 Å². The molecule has 0 bridgehead atoms. The fourth-order valence-electron chi connectivity index (χ4n) is 3.05. The quantitative estimate of drug-likeness (QED) is 0.327. The number of carbonyl (C=O) groups is 1. The van der Waals surface area contributed by atoms with Gasteiger partial charge in [0.05, 0.1) is 4.90 Å². The van der Waals surface area contributed by atoms with E-state index in [0.717, 1.165) is 29.3 Å². The van der Waals surface area contributed by atoms with Gasteiger partial charge in [-0.25, -0.2) is 13.2 Å². The lowest BCUT2D eigenvalue weighted by molar-refractivity contribution is -0.136. The third-order valence-corrected chi connectivity index (χ3v) is 5.60. The summed E-state index contributed by atoms with van der Waals surface area (Å²) in [5.41, 5.74) is 1.23. The molecule has 0 N–H and O–H groups in total. The number of carbonyl (C=O) groups excluding carboxylic acids is 1. The van der Waals surface area contributed by atoms with Crippen LogP contribution in [0.3, 0.4) is 0 Å². The second kappa shape index (κ2) is 8.63. The van der Waals surface area contributed by atoms with Gasteiger partial charge < -0.3 is 14.0 Å². The molecule has 3 rings (SSSR count). The van der Waals surface area contributed by atoms with Gasteiger partial charge in [-0.15, -0.1) is 0 Å². The molecule has 0 saturated carbocycles. The summed E-state index contributed by atoms with van der Waals surface area (Å²) in [5, 5.41) is 2.00. The molecule has 6 nitrogen and oxygen atoms in total. The average molecular weight is 413 g/mol. The summed E-state index contributed by atoms with van der Waals surface area (Å²) in [5.74, 6) is 0.470. The fourth-order valence-corrected chi connectivity index (χ4v) is 3.52. The van der Waals surface area contributed by atoms with E-state index in [-0.39, 0.29) is 17.3 Å². The van der Waals surface area contributed by atoms with Gasteiger partial charge in [-0.3, -0.25) is 0 Å². The molecular weight excluding hydrogens is 392 g/mol. The van der Waals surface area contributed by atoms with Crippen molar-refractivity contribution in [3.05, 3.63) is 66.2 Å². The normalized spacial score (nSPS) is 12.5. The highest BCUT2D eigenvalue weighted by atomic mass is 32.2. The maximum Gasteiger partial charge on any atom is 0.349 e. The SMILES string of the molecule is CCC(C)c1cccc2c(OCC(=O)Oc3ccc(S(=O)(=O)[O-])cc3)cccc12. The monoisotopic (exact) mass is 413 g/mol. The molecule has 7 heteroatoms. The Morgan fingerprint density at radius 2 is 1.66 bits per heavy atom.